The van der Waals surface area contributed by atoms with Gasteiger partial charge >= 0.3 is 6.36 Å². The van der Waals surface area contributed by atoms with Crippen LogP contribution in [-0.2, 0) is 6.54 Å². The molecule has 1 amide bonds. The van der Waals surface area contributed by atoms with Gasteiger partial charge in [0.1, 0.15) is 11.4 Å². The van der Waals surface area contributed by atoms with Crippen molar-refractivity contribution in [2.45, 2.75) is 38.3 Å². The van der Waals surface area contributed by atoms with Gasteiger partial charge in [-0.05, 0) is 61.0 Å². The largest absolute Gasteiger partial charge is 0.573 e. The van der Waals surface area contributed by atoms with Crippen molar-refractivity contribution in [2.75, 3.05) is 23.3 Å². The van der Waals surface area contributed by atoms with Crippen LogP contribution in [-0.4, -0.2) is 41.7 Å². The fraction of sp³-hybridized carbons (Fsp3) is 0.286. The highest BCUT2D eigenvalue weighted by atomic mass is 79.9. The van der Waals surface area contributed by atoms with E-state index in [1.54, 1.807) is 12.1 Å². The van der Waals surface area contributed by atoms with Crippen LogP contribution in [0, 0.1) is 11.6 Å². The summed E-state index contributed by atoms with van der Waals surface area (Å²) in [6.45, 7) is 2.72. The Bertz CT molecular complexity index is 1470. The van der Waals surface area contributed by atoms with Crippen LogP contribution in [0.25, 0.3) is 0 Å². The zero-order chi connectivity index (χ0) is 28.8. The van der Waals surface area contributed by atoms with Crippen molar-refractivity contribution >= 4 is 39.0 Å². The third kappa shape index (κ3) is 5.55. The normalized spacial score (nSPS) is 17.0. The molecule has 3 aromatic rings. The number of piperidine rings is 1. The molecular formula is C28H23BrF5N3O3. The third-order valence-corrected chi connectivity index (χ3v) is 7.77. The molecule has 12 heteroatoms. The van der Waals surface area contributed by atoms with Gasteiger partial charge in [-0.1, -0.05) is 22.0 Å². The van der Waals surface area contributed by atoms with Gasteiger partial charge in [-0.15, -0.1) is 13.2 Å². The Labute approximate surface area is 234 Å². The Morgan fingerprint density at radius 1 is 1.02 bits per heavy atom. The van der Waals surface area contributed by atoms with Crippen LogP contribution in [0.3, 0.4) is 0 Å². The molecule has 6 nitrogen and oxygen atoms in total. The summed E-state index contributed by atoms with van der Waals surface area (Å²) in [6.07, 6.45) is -4.06. The Morgan fingerprint density at radius 2 is 1.70 bits per heavy atom. The number of carbonyl (C=O) groups is 2. The number of anilines is 2. The van der Waals surface area contributed by atoms with Crippen LogP contribution in [0.5, 0.6) is 5.75 Å². The van der Waals surface area contributed by atoms with Crippen LogP contribution in [0.4, 0.5) is 33.3 Å². The van der Waals surface area contributed by atoms with E-state index in [-0.39, 0.29) is 11.7 Å². The first kappa shape index (κ1) is 28.0. The highest BCUT2D eigenvalue weighted by Crippen LogP contribution is 2.43. The molecule has 2 heterocycles. The molecule has 0 unspecified atom stereocenters. The van der Waals surface area contributed by atoms with E-state index in [0.29, 0.717) is 65.0 Å². The number of likely N-dealkylation sites (tertiary alicyclic amines) is 1. The highest BCUT2D eigenvalue weighted by Gasteiger charge is 2.47. The van der Waals surface area contributed by atoms with Crippen LogP contribution in [0.2, 0.25) is 0 Å². The van der Waals surface area contributed by atoms with E-state index in [1.165, 1.54) is 30.0 Å². The minimum Gasteiger partial charge on any atom is -0.406 e. The first-order chi connectivity index (χ1) is 18.8. The molecule has 0 radical (unpaired) electrons. The first-order valence-corrected chi connectivity index (χ1v) is 13.1. The number of alkyl halides is 3. The second kappa shape index (κ2) is 10.5. The lowest BCUT2D eigenvalue weighted by Gasteiger charge is -2.52. The summed E-state index contributed by atoms with van der Waals surface area (Å²) in [7, 11) is 0. The number of ketones is 1. The average molecular weight is 624 g/mol. The van der Waals surface area contributed by atoms with Crippen LogP contribution in [0.1, 0.15) is 46.0 Å². The minimum atomic E-state index is -4.86. The SMILES string of the molecule is CC(=O)c1cc2c(cc1Br)C(=O)N(c1ccc(OC(F)(F)F)cc1)C1(CCN(Cc3ccc(F)c(F)c3)CC1)N2. The number of amides is 1. The highest BCUT2D eigenvalue weighted by molar-refractivity contribution is 9.10. The van der Waals surface area contributed by atoms with Crippen molar-refractivity contribution in [1.29, 1.82) is 0 Å². The number of hydrogen-bond acceptors (Lipinski definition) is 5. The molecular weight excluding hydrogens is 601 g/mol. The maximum atomic E-state index is 14.0. The van der Waals surface area contributed by atoms with Gasteiger partial charge in [0.05, 0.1) is 5.56 Å². The smallest absolute Gasteiger partial charge is 0.406 e. The average Bonchev–Trinajstić information content (AvgIpc) is 2.88. The minimum absolute atomic E-state index is 0.193. The van der Waals surface area contributed by atoms with E-state index in [4.69, 9.17) is 0 Å². The van der Waals surface area contributed by atoms with Gasteiger partial charge in [0.15, 0.2) is 17.4 Å². The third-order valence-electron chi connectivity index (χ3n) is 7.12. The number of nitrogens with zero attached hydrogens (tertiary/aromatic N) is 2. The molecule has 0 atom stereocenters. The number of halogens is 6. The molecule has 1 fully saturated rings. The van der Waals surface area contributed by atoms with Crippen LogP contribution >= 0.6 is 15.9 Å². The molecule has 210 valence electrons. The second-order valence-corrected chi connectivity index (χ2v) is 10.7. The summed E-state index contributed by atoms with van der Waals surface area (Å²) < 4.78 is 69.6. The van der Waals surface area contributed by atoms with Crippen molar-refractivity contribution in [3.8, 4) is 5.75 Å². The lowest BCUT2D eigenvalue weighted by molar-refractivity contribution is -0.274. The van der Waals surface area contributed by atoms with Gasteiger partial charge in [0, 0.05) is 53.9 Å². The molecule has 0 aliphatic carbocycles. The fourth-order valence-electron chi connectivity index (χ4n) is 5.23. The molecule has 5 rings (SSSR count). The van der Waals surface area contributed by atoms with Gasteiger partial charge in [-0.2, -0.15) is 0 Å². The maximum Gasteiger partial charge on any atom is 0.573 e. The van der Waals surface area contributed by atoms with Crippen molar-refractivity contribution in [1.82, 2.24) is 4.90 Å². The zero-order valence-electron chi connectivity index (χ0n) is 21.1. The number of hydrogen-bond donors (Lipinski definition) is 1. The summed E-state index contributed by atoms with van der Waals surface area (Å²) >= 11 is 3.35. The molecule has 0 bridgehead atoms. The molecule has 1 spiro atoms. The lowest BCUT2D eigenvalue weighted by Crippen LogP contribution is -2.64. The van der Waals surface area contributed by atoms with Gasteiger partial charge in [-0.25, -0.2) is 8.78 Å². The predicted molar refractivity (Wildman–Crippen MR) is 141 cm³/mol. The number of fused-ring (bicyclic) bond motifs is 1. The molecule has 0 saturated carbocycles. The maximum absolute atomic E-state index is 14.0. The second-order valence-electron chi connectivity index (χ2n) is 9.80. The number of Topliss-reactive ketones (excluding diaryl/α,β-unsaturated/α-hetero) is 1. The molecule has 3 aromatic carbocycles. The van der Waals surface area contributed by atoms with E-state index < -0.39 is 29.4 Å². The van der Waals surface area contributed by atoms with Crippen LogP contribution in [0.15, 0.2) is 59.1 Å². The topological polar surface area (TPSA) is 61.9 Å². The summed E-state index contributed by atoms with van der Waals surface area (Å²) in [5, 5.41) is 3.45. The van der Waals surface area contributed by atoms with Gasteiger partial charge in [0.25, 0.3) is 5.91 Å². The Morgan fingerprint density at radius 3 is 2.30 bits per heavy atom. The van der Waals surface area contributed by atoms with E-state index in [1.807, 2.05) is 4.90 Å². The zero-order valence-corrected chi connectivity index (χ0v) is 22.7. The van der Waals surface area contributed by atoms with Crippen molar-refractivity contribution in [2.24, 2.45) is 0 Å². The number of benzene rings is 3. The summed E-state index contributed by atoms with van der Waals surface area (Å²) in [5.74, 6) is -2.86. The van der Waals surface area contributed by atoms with Gasteiger partial charge < -0.3 is 10.1 Å². The first-order valence-electron chi connectivity index (χ1n) is 12.3. The Kier molecular flexibility index (Phi) is 7.34. The summed E-state index contributed by atoms with van der Waals surface area (Å²) in [6, 6.07) is 12.0. The number of carbonyl (C=O) groups excluding carboxylic acids is 2. The van der Waals surface area contributed by atoms with E-state index in [2.05, 4.69) is 26.0 Å². The quantitative estimate of drug-likeness (QED) is 0.248. The molecule has 40 heavy (non-hydrogen) atoms. The summed E-state index contributed by atoms with van der Waals surface area (Å²) in [4.78, 5) is 29.7. The van der Waals surface area contributed by atoms with Crippen molar-refractivity contribution in [3.05, 3.63) is 87.4 Å². The number of rotatable bonds is 5. The molecule has 2 aliphatic heterocycles. The number of ether oxygens (including phenoxy) is 1. The monoisotopic (exact) mass is 623 g/mol. The summed E-state index contributed by atoms with van der Waals surface area (Å²) in [5.41, 5.74) is 1.15. The van der Waals surface area contributed by atoms with Gasteiger partial charge in [0.2, 0.25) is 0 Å². The Balaban J connectivity index is 1.48. The Hall–Kier alpha value is -3.51. The lowest BCUT2D eigenvalue weighted by atomic mass is 9.88. The van der Waals surface area contributed by atoms with E-state index >= 15 is 0 Å². The molecule has 0 aromatic heterocycles. The standard InChI is InChI=1S/C28H23BrF5N3O3/c1-16(38)20-14-25-21(13-22(20)29)26(39)37(18-3-5-19(6-4-18)40-28(32,33)34)27(35-25)8-10-36(11-9-27)15-17-2-7-23(30)24(31)12-17/h2-7,12-14,35H,8-11,15H2,1H3. The van der Waals surface area contributed by atoms with Gasteiger partial charge in [-0.3, -0.25) is 19.4 Å². The van der Waals surface area contributed by atoms with Crippen LogP contribution < -0.4 is 15.0 Å². The molecule has 1 saturated heterocycles. The van der Waals surface area contributed by atoms with E-state index in [0.717, 1.165) is 24.3 Å². The van der Waals surface area contributed by atoms with Crippen molar-refractivity contribution < 1.29 is 36.3 Å². The number of nitrogens with one attached hydrogen (secondary N) is 1. The molecule has 2 aliphatic rings. The predicted octanol–water partition coefficient (Wildman–Crippen LogP) is 6.89. The molecule has 1 N–H and O–H groups in total. The van der Waals surface area contributed by atoms with Crippen molar-refractivity contribution in [3.63, 3.8) is 0 Å². The van der Waals surface area contributed by atoms with E-state index in [9.17, 15) is 31.5 Å². The fourth-order valence-corrected chi connectivity index (χ4v) is 5.85.